The van der Waals surface area contributed by atoms with Crippen LogP contribution in [0.4, 0.5) is 0 Å². The molecule has 0 amide bonds. The predicted octanol–water partition coefficient (Wildman–Crippen LogP) is 2.91. The molecule has 100 valence electrons. The Morgan fingerprint density at radius 1 is 1.16 bits per heavy atom. The van der Waals surface area contributed by atoms with E-state index in [-0.39, 0.29) is 6.04 Å². The lowest BCUT2D eigenvalue weighted by Crippen LogP contribution is -2.17. The van der Waals surface area contributed by atoms with E-state index >= 15 is 0 Å². The van der Waals surface area contributed by atoms with Crippen LogP contribution in [0.25, 0.3) is 0 Å². The average molecular weight is 255 g/mol. The largest absolute Gasteiger partial charge is 0.493 e. The highest BCUT2D eigenvalue weighted by Crippen LogP contribution is 2.71. The summed E-state index contributed by atoms with van der Waals surface area (Å²) in [6, 6.07) is 6.90. The van der Waals surface area contributed by atoms with E-state index in [1.54, 1.807) is 0 Å². The first-order valence-corrected chi connectivity index (χ1v) is 7.84. The second-order valence-electron chi connectivity index (χ2n) is 7.06. The van der Waals surface area contributed by atoms with Gasteiger partial charge in [0.25, 0.3) is 0 Å². The van der Waals surface area contributed by atoms with Gasteiger partial charge in [-0.1, -0.05) is 12.1 Å². The summed E-state index contributed by atoms with van der Waals surface area (Å²) in [5, 5.41) is 0. The summed E-state index contributed by atoms with van der Waals surface area (Å²) in [6.07, 6.45) is 5.52. The lowest BCUT2D eigenvalue weighted by atomic mass is 9.92. The quantitative estimate of drug-likeness (QED) is 0.882. The lowest BCUT2D eigenvalue weighted by molar-refractivity contribution is 0.356. The van der Waals surface area contributed by atoms with E-state index in [0.717, 1.165) is 48.4 Å². The number of hydrogen-bond donors (Lipinski definition) is 1. The minimum atomic E-state index is 0.268. The molecule has 1 heterocycles. The third kappa shape index (κ3) is 1.36. The van der Waals surface area contributed by atoms with E-state index in [1.165, 1.54) is 30.4 Å². The highest BCUT2D eigenvalue weighted by molar-refractivity contribution is 5.41. The monoisotopic (exact) mass is 255 g/mol. The molecule has 2 nitrogen and oxygen atoms in total. The Bertz CT molecular complexity index is 524. The number of benzene rings is 1. The molecule has 0 saturated heterocycles. The van der Waals surface area contributed by atoms with Crippen LogP contribution in [-0.2, 0) is 6.42 Å². The Morgan fingerprint density at radius 2 is 1.95 bits per heavy atom. The number of ether oxygens (including phenoxy) is 1. The zero-order chi connectivity index (χ0) is 12.6. The first-order chi connectivity index (χ1) is 9.33. The summed E-state index contributed by atoms with van der Waals surface area (Å²) in [6.45, 7) is 0.840. The Hall–Kier alpha value is -1.02. The third-order valence-electron chi connectivity index (χ3n) is 6.31. The first-order valence-electron chi connectivity index (χ1n) is 7.84. The molecule has 0 radical (unpaired) electrons. The predicted molar refractivity (Wildman–Crippen MR) is 73.9 cm³/mol. The van der Waals surface area contributed by atoms with Gasteiger partial charge in [0.15, 0.2) is 0 Å². The van der Waals surface area contributed by atoms with Crippen molar-refractivity contribution < 1.29 is 4.74 Å². The standard InChI is InChI=1S/C17H21NO/c18-17(12-3-4-13-9(7-12)5-6-19-13)16-14-10-1-2-11(8-10)15(14)16/h3-4,7,10-11,14-17H,1-2,5-6,8,18H2. The van der Waals surface area contributed by atoms with E-state index < -0.39 is 0 Å². The van der Waals surface area contributed by atoms with Gasteiger partial charge in [0.05, 0.1) is 6.61 Å². The highest BCUT2D eigenvalue weighted by Gasteiger charge is 2.66. The van der Waals surface area contributed by atoms with Gasteiger partial charge in [0, 0.05) is 12.5 Å². The SMILES string of the molecule is NC(c1ccc2c(c1)CCO2)C1C2C3CCC(C3)C21. The fourth-order valence-electron chi connectivity index (χ4n) is 5.51. The number of nitrogens with two attached hydrogens (primary N) is 1. The van der Waals surface area contributed by atoms with Gasteiger partial charge in [-0.15, -0.1) is 0 Å². The minimum absolute atomic E-state index is 0.268. The molecule has 3 saturated carbocycles. The zero-order valence-corrected chi connectivity index (χ0v) is 11.2. The van der Waals surface area contributed by atoms with Crippen LogP contribution in [0.15, 0.2) is 18.2 Å². The molecule has 5 atom stereocenters. The minimum Gasteiger partial charge on any atom is -0.493 e. The van der Waals surface area contributed by atoms with Crippen LogP contribution in [-0.4, -0.2) is 6.61 Å². The van der Waals surface area contributed by atoms with Crippen LogP contribution in [0.2, 0.25) is 0 Å². The van der Waals surface area contributed by atoms with Crippen molar-refractivity contribution in [1.29, 1.82) is 0 Å². The van der Waals surface area contributed by atoms with Crippen LogP contribution in [0.1, 0.15) is 36.4 Å². The molecule has 0 spiro atoms. The normalized spacial score (nSPS) is 42.7. The number of rotatable bonds is 2. The van der Waals surface area contributed by atoms with Crippen molar-refractivity contribution in [3.05, 3.63) is 29.3 Å². The fraction of sp³-hybridized carbons (Fsp3) is 0.647. The Kier molecular flexibility index (Phi) is 2.00. The summed E-state index contributed by atoms with van der Waals surface area (Å²) in [5.41, 5.74) is 9.31. The van der Waals surface area contributed by atoms with Crippen LogP contribution < -0.4 is 10.5 Å². The molecule has 0 aromatic heterocycles. The van der Waals surface area contributed by atoms with E-state index in [0.29, 0.717) is 0 Å². The van der Waals surface area contributed by atoms with Crippen molar-refractivity contribution in [1.82, 2.24) is 0 Å². The van der Waals surface area contributed by atoms with Gasteiger partial charge in [-0.25, -0.2) is 0 Å². The first kappa shape index (κ1) is 10.7. The van der Waals surface area contributed by atoms with Gasteiger partial charge >= 0.3 is 0 Å². The Labute approximate surface area is 114 Å². The molecule has 2 bridgehead atoms. The molecule has 4 aliphatic rings. The smallest absolute Gasteiger partial charge is 0.122 e. The second kappa shape index (κ2) is 3.54. The third-order valence-corrected chi connectivity index (χ3v) is 6.31. The Morgan fingerprint density at radius 3 is 2.74 bits per heavy atom. The van der Waals surface area contributed by atoms with E-state index in [1.807, 2.05) is 0 Å². The van der Waals surface area contributed by atoms with Crippen LogP contribution in [0, 0.1) is 29.6 Å². The van der Waals surface area contributed by atoms with Crippen molar-refractivity contribution in [2.75, 3.05) is 6.61 Å². The van der Waals surface area contributed by atoms with Gasteiger partial charge < -0.3 is 10.5 Å². The van der Waals surface area contributed by atoms with E-state index in [2.05, 4.69) is 18.2 Å². The van der Waals surface area contributed by atoms with Gasteiger partial charge in [0.2, 0.25) is 0 Å². The van der Waals surface area contributed by atoms with Crippen LogP contribution in [0.5, 0.6) is 5.75 Å². The van der Waals surface area contributed by atoms with Crippen molar-refractivity contribution in [3.8, 4) is 5.75 Å². The maximum atomic E-state index is 6.60. The number of fused-ring (bicyclic) bond motifs is 6. The van der Waals surface area contributed by atoms with Gasteiger partial charge in [0.1, 0.15) is 5.75 Å². The molecule has 2 heteroatoms. The van der Waals surface area contributed by atoms with Crippen molar-refractivity contribution >= 4 is 0 Å². The summed E-state index contributed by atoms with van der Waals surface area (Å²) in [4.78, 5) is 0. The molecule has 5 unspecified atom stereocenters. The van der Waals surface area contributed by atoms with Crippen molar-refractivity contribution in [2.45, 2.75) is 31.7 Å². The maximum Gasteiger partial charge on any atom is 0.122 e. The fourth-order valence-corrected chi connectivity index (χ4v) is 5.51. The highest BCUT2D eigenvalue weighted by atomic mass is 16.5. The van der Waals surface area contributed by atoms with Crippen molar-refractivity contribution in [3.63, 3.8) is 0 Å². The topological polar surface area (TPSA) is 35.2 Å². The van der Waals surface area contributed by atoms with Crippen molar-refractivity contribution in [2.24, 2.45) is 35.3 Å². The molecular formula is C17H21NO. The molecule has 19 heavy (non-hydrogen) atoms. The molecule has 1 aliphatic heterocycles. The van der Waals surface area contributed by atoms with Crippen LogP contribution >= 0.6 is 0 Å². The summed E-state index contributed by atoms with van der Waals surface area (Å²) in [7, 11) is 0. The second-order valence-corrected chi connectivity index (χ2v) is 7.06. The summed E-state index contributed by atoms with van der Waals surface area (Å²) >= 11 is 0. The number of hydrogen-bond acceptors (Lipinski definition) is 2. The van der Waals surface area contributed by atoms with Gasteiger partial charge in [-0.2, -0.15) is 0 Å². The van der Waals surface area contributed by atoms with E-state index in [9.17, 15) is 0 Å². The summed E-state index contributed by atoms with van der Waals surface area (Å²) < 4.78 is 5.59. The van der Waals surface area contributed by atoms with Gasteiger partial charge in [-0.05, 0) is 66.0 Å². The summed E-state index contributed by atoms with van der Waals surface area (Å²) in [5.74, 6) is 5.84. The zero-order valence-electron chi connectivity index (χ0n) is 11.2. The average Bonchev–Trinajstić information content (AvgIpc) is 2.84. The molecule has 1 aromatic carbocycles. The lowest BCUT2D eigenvalue weighted by Gasteiger charge is -2.17. The molecule has 5 rings (SSSR count). The molecule has 2 N–H and O–H groups in total. The van der Waals surface area contributed by atoms with Crippen LogP contribution in [0.3, 0.4) is 0 Å². The van der Waals surface area contributed by atoms with E-state index in [4.69, 9.17) is 10.5 Å². The molecule has 1 aromatic rings. The Balaban J connectivity index is 1.42. The maximum absolute atomic E-state index is 6.60. The molecule has 3 aliphatic carbocycles. The van der Waals surface area contributed by atoms with Gasteiger partial charge in [-0.3, -0.25) is 0 Å². The molecular weight excluding hydrogens is 234 g/mol. The molecule has 3 fully saturated rings.